The molecule has 74 valence electrons. The Hall–Kier alpha value is 0.270. The quantitative estimate of drug-likeness (QED) is 0.722. The van der Waals surface area contributed by atoms with Crippen LogP contribution in [0.1, 0.15) is 13.8 Å². The molecule has 12 heavy (non-hydrogen) atoms. The molecular formula is C9H22N2S. The van der Waals surface area contributed by atoms with Crippen molar-refractivity contribution < 1.29 is 0 Å². The van der Waals surface area contributed by atoms with Crippen molar-refractivity contribution in [2.75, 3.05) is 44.7 Å². The molecule has 1 fully saturated rings. The van der Waals surface area contributed by atoms with Gasteiger partial charge >= 0.3 is 0 Å². The summed E-state index contributed by atoms with van der Waals surface area (Å²) < 4.78 is 0. The molecule has 1 aliphatic rings. The van der Waals surface area contributed by atoms with Gasteiger partial charge in [-0.05, 0) is 6.26 Å². The fourth-order valence-electron chi connectivity index (χ4n) is 1.16. The van der Waals surface area contributed by atoms with Crippen LogP contribution in [-0.2, 0) is 0 Å². The first-order valence-corrected chi connectivity index (χ1v) is 6.25. The molecule has 0 aromatic heterocycles. The number of hydrogen-bond donors (Lipinski definition) is 1. The van der Waals surface area contributed by atoms with E-state index in [4.69, 9.17) is 0 Å². The molecule has 0 spiro atoms. The molecule has 1 rings (SSSR count). The molecule has 1 saturated heterocycles. The Morgan fingerprint density at radius 1 is 1.25 bits per heavy atom. The van der Waals surface area contributed by atoms with E-state index >= 15 is 0 Å². The summed E-state index contributed by atoms with van der Waals surface area (Å²) in [5.41, 5.74) is 0. The summed E-state index contributed by atoms with van der Waals surface area (Å²) in [6.07, 6.45) is 2.17. The highest BCUT2D eigenvalue weighted by atomic mass is 32.2. The van der Waals surface area contributed by atoms with Gasteiger partial charge in [0.1, 0.15) is 0 Å². The Morgan fingerprint density at radius 2 is 1.83 bits per heavy atom. The minimum absolute atomic E-state index is 1.17. The molecule has 0 unspecified atom stereocenters. The lowest BCUT2D eigenvalue weighted by Gasteiger charge is -2.26. The van der Waals surface area contributed by atoms with E-state index in [0.717, 1.165) is 0 Å². The Balaban J connectivity index is 0.000000561. The van der Waals surface area contributed by atoms with Gasteiger partial charge in [0, 0.05) is 38.5 Å². The SMILES string of the molecule is CC.CSCCN1CCNCC1. The van der Waals surface area contributed by atoms with Gasteiger partial charge < -0.3 is 5.32 Å². The van der Waals surface area contributed by atoms with E-state index in [-0.39, 0.29) is 0 Å². The van der Waals surface area contributed by atoms with Crippen LogP contribution < -0.4 is 5.32 Å². The highest BCUT2D eigenvalue weighted by Crippen LogP contribution is 1.96. The van der Waals surface area contributed by atoms with Crippen molar-refractivity contribution in [3.8, 4) is 0 Å². The second-order valence-corrected chi connectivity index (χ2v) is 3.57. The molecule has 0 aliphatic carbocycles. The number of nitrogens with zero attached hydrogens (tertiary/aromatic N) is 1. The number of nitrogens with one attached hydrogen (secondary N) is 1. The Bertz CT molecular complexity index is 82.6. The van der Waals surface area contributed by atoms with Crippen LogP contribution in [0.25, 0.3) is 0 Å². The van der Waals surface area contributed by atoms with Crippen LogP contribution in [0.15, 0.2) is 0 Å². The van der Waals surface area contributed by atoms with Crippen LogP contribution in [0.3, 0.4) is 0 Å². The van der Waals surface area contributed by atoms with Crippen molar-refractivity contribution >= 4 is 11.8 Å². The number of rotatable bonds is 3. The van der Waals surface area contributed by atoms with Crippen molar-refractivity contribution in [3.05, 3.63) is 0 Å². The molecule has 0 atom stereocenters. The highest BCUT2D eigenvalue weighted by Gasteiger charge is 2.07. The summed E-state index contributed by atoms with van der Waals surface area (Å²) in [5, 5.41) is 3.34. The van der Waals surface area contributed by atoms with E-state index in [0.29, 0.717) is 0 Å². The van der Waals surface area contributed by atoms with Gasteiger partial charge in [-0.25, -0.2) is 0 Å². The number of thioether (sulfide) groups is 1. The summed E-state index contributed by atoms with van der Waals surface area (Å²) in [7, 11) is 0. The third-order valence-electron chi connectivity index (χ3n) is 1.82. The normalized spacial score (nSPS) is 18.2. The second-order valence-electron chi connectivity index (χ2n) is 2.58. The molecular weight excluding hydrogens is 168 g/mol. The van der Waals surface area contributed by atoms with Gasteiger partial charge in [0.05, 0.1) is 0 Å². The molecule has 0 aromatic rings. The first-order valence-electron chi connectivity index (χ1n) is 4.85. The van der Waals surface area contributed by atoms with E-state index in [2.05, 4.69) is 16.5 Å². The lowest BCUT2D eigenvalue weighted by Crippen LogP contribution is -2.44. The summed E-state index contributed by atoms with van der Waals surface area (Å²) in [6.45, 7) is 10.1. The predicted molar refractivity (Wildman–Crippen MR) is 59.0 cm³/mol. The second kappa shape index (κ2) is 9.36. The lowest BCUT2D eigenvalue weighted by molar-refractivity contribution is 0.255. The zero-order chi connectivity index (χ0) is 9.23. The van der Waals surface area contributed by atoms with Crippen LogP contribution >= 0.6 is 11.8 Å². The average molecular weight is 190 g/mol. The van der Waals surface area contributed by atoms with Gasteiger partial charge in [0.2, 0.25) is 0 Å². The fourth-order valence-corrected chi connectivity index (χ4v) is 1.60. The van der Waals surface area contributed by atoms with Crippen LogP contribution in [0, 0.1) is 0 Å². The lowest BCUT2D eigenvalue weighted by atomic mass is 10.4. The van der Waals surface area contributed by atoms with Crippen LogP contribution in [0.4, 0.5) is 0 Å². The molecule has 1 N–H and O–H groups in total. The zero-order valence-corrected chi connectivity index (χ0v) is 9.41. The van der Waals surface area contributed by atoms with Crippen LogP contribution in [0.2, 0.25) is 0 Å². The minimum Gasteiger partial charge on any atom is -0.314 e. The fraction of sp³-hybridized carbons (Fsp3) is 1.00. The van der Waals surface area contributed by atoms with Gasteiger partial charge in [-0.1, -0.05) is 13.8 Å². The van der Waals surface area contributed by atoms with Crippen molar-refractivity contribution in [3.63, 3.8) is 0 Å². The van der Waals surface area contributed by atoms with Gasteiger partial charge in [-0.2, -0.15) is 11.8 Å². The summed E-state index contributed by atoms with van der Waals surface area (Å²) in [6, 6.07) is 0. The van der Waals surface area contributed by atoms with Gasteiger partial charge in [0.25, 0.3) is 0 Å². The maximum atomic E-state index is 3.34. The minimum atomic E-state index is 1.17. The molecule has 0 amide bonds. The Labute approximate surface area is 81.1 Å². The first-order chi connectivity index (χ1) is 5.93. The van der Waals surface area contributed by atoms with Crippen molar-refractivity contribution in [2.24, 2.45) is 0 Å². The Morgan fingerprint density at radius 3 is 2.33 bits per heavy atom. The molecule has 1 aliphatic heterocycles. The standard InChI is InChI=1S/C7H16N2S.C2H6/c1-10-7-6-9-4-2-8-3-5-9;1-2/h8H,2-7H2,1H3;1-2H3. The molecule has 0 saturated carbocycles. The molecule has 1 heterocycles. The monoisotopic (exact) mass is 190 g/mol. The van der Waals surface area contributed by atoms with Gasteiger partial charge in [0.15, 0.2) is 0 Å². The van der Waals surface area contributed by atoms with Crippen molar-refractivity contribution in [1.82, 2.24) is 10.2 Å². The van der Waals surface area contributed by atoms with Crippen LogP contribution in [-0.4, -0.2) is 49.6 Å². The summed E-state index contributed by atoms with van der Waals surface area (Å²) in [4.78, 5) is 2.52. The van der Waals surface area contributed by atoms with Crippen molar-refractivity contribution in [2.45, 2.75) is 13.8 Å². The topological polar surface area (TPSA) is 15.3 Å². The van der Waals surface area contributed by atoms with E-state index in [1.807, 2.05) is 25.6 Å². The average Bonchev–Trinajstić information content (AvgIpc) is 2.19. The van der Waals surface area contributed by atoms with Gasteiger partial charge in [-0.3, -0.25) is 4.90 Å². The molecule has 0 radical (unpaired) electrons. The molecule has 2 nitrogen and oxygen atoms in total. The molecule has 0 aromatic carbocycles. The zero-order valence-electron chi connectivity index (χ0n) is 8.60. The number of piperazine rings is 1. The molecule has 3 heteroatoms. The van der Waals surface area contributed by atoms with E-state index in [1.165, 1.54) is 38.5 Å². The Kier molecular flexibility index (Phi) is 9.57. The summed E-state index contributed by atoms with van der Waals surface area (Å²) >= 11 is 1.93. The third kappa shape index (κ3) is 5.86. The smallest absolute Gasteiger partial charge is 0.0108 e. The maximum Gasteiger partial charge on any atom is 0.0108 e. The molecule has 0 bridgehead atoms. The number of hydrogen-bond acceptors (Lipinski definition) is 3. The van der Waals surface area contributed by atoms with E-state index in [1.54, 1.807) is 0 Å². The predicted octanol–water partition coefficient (Wildman–Crippen LogP) is 1.28. The summed E-state index contributed by atoms with van der Waals surface area (Å²) in [5.74, 6) is 1.28. The van der Waals surface area contributed by atoms with Crippen molar-refractivity contribution in [1.29, 1.82) is 0 Å². The maximum absolute atomic E-state index is 3.34. The van der Waals surface area contributed by atoms with Gasteiger partial charge in [-0.15, -0.1) is 0 Å². The largest absolute Gasteiger partial charge is 0.314 e. The first kappa shape index (κ1) is 12.3. The highest BCUT2D eigenvalue weighted by molar-refractivity contribution is 7.98. The van der Waals surface area contributed by atoms with E-state index < -0.39 is 0 Å². The van der Waals surface area contributed by atoms with E-state index in [9.17, 15) is 0 Å². The van der Waals surface area contributed by atoms with Crippen LogP contribution in [0.5, 0.6) is 0 Å². The third-order valence-corrected chi connectivity index (χ3v) is 2.41.